The average Bonchev–Trinajstić information content (AvgIpc) is 3.27. The third-order valence-corrected chi connectivity index (χ3v) is 7.69. The summed E-state index contributed by atoms with van der Waals surface area (Å²) >= 11 is 0. The van der Waals surface area contributed by atoms with Gasteiger partial charge in [0.05, 0.1) is 0 Å². The summed E-state index contributed by atoms with van der Waals surface area (Å²) in [4.78, 5) is 0. The van der Waals surface area contributed by atoms with E-state index in [0.29, 0.717) is 6.04 Å². The molecule has 0 aliphatic rings. The Balaban J connectivity index is 1.42. The van der Waals surface area contributed by atoms with Crippen LogP contribution < -0.4 is 0 Å². The zero-order valence-electron chi connectivity index (χ0n) is 23.0. The summed E-state index contributed by atoms with van der Waals surface area (Å²) in [7, 11) is 0. The molecule has 38 heavy (non-hydrogen) atoms. The molecule has 188 valence electrons. The highest BCUT2D eigenvalue weighted by Crippen LogP contribution is 2.36. The second-order valence-corrected chi connectivity index (χ2v) is 11.7. The SMILES string of the molecule is CC(C)n1c2ccccc2c2ccc(-c3ccc(-c4cc(-c5ccccc5)cc(C(C)(C)C)c4)cc3)cc21. The summed E-state index contributed by atoms with van der Waals surface area (Å²) in [5.41, 5.74) is 11.6. The maximum absolute atomic E-state index is 2.46. The number of benzene rings is 5. The monoisotopic (exact) mass is 493 g/mol. The van der Waals surface area contributed by atoms with E-state index in [1.54, 1.807) is 0 Å². The number of aromatic nitrogens is 1. The first-order valence-corrected chi connectivity index (χ1v) is 13.6. The Bertz CT molecular complexity index is 1740. The summed E-state index contributed by atoms with van der Waals surface area (Å²) in [6.07, 6.45) is 0. The lowest BCUT2D eigenvalue weighted by atomic mass is 9.83. The molecule has 0 N–H and O–H groups in total. The van der Waals surface area contributed by atoms with Gasteiger partial charge in [-0.25, -0.2) is 0 Å². The quantitative estimate of drug-likeness (QED) is 0.230. The van der Waals surface area contributed by atoms with Crippen LogP contribution in [0.25, 0.3) is 55.2 Å². The summed E-state index contributed by atoms with van der Waals surface area (Å²) in [5, 5.41) is 2.65. The van der Waals surface area contributed by atoms with Crippen molar-refractivity contribution in [2.75, 3.05) is 0 Å². The fraction of sp³-hybridized carbons (Fsp3) is 0.189. The first-order valence-electron chi connectivity index (χ1n) is 13.6. The average molecular weight is 494 g/mol. The van der Waals surface area contributed by atoms with Crippen LogP contribution in [0, 0.1) is 0 Å². The van der Waals surface area contributed by atoms with Gasteiger partial charge in [0.15, 0.2) is 0 Å². The Kier molecular flexibility index (Phi) is 5.95. The van der Waals surface area contributed by atoms with Crippen LogP contribution in [0.15, 0.2) is 115 Å². The molecule has 0 radical (unpaired) electrons. The second-order valence-electron chi connectivity index (χ2n) is 11.7. The Morgan fingerprint density at radius 2 is 1.00 bits per heavy atom. The molecule has 0 aliphatic heterocycles. The van der Waals surface area contributed by atoms with Crippen LogP contribution in [0.5, 0.6) is 0 Å². The van der Waals surface area contributed by atoms with Gasteiger partial charge in [-0.05, 0) is 76.4 Å². The highest BCUT2D eigenvalue weighted by atomic mass is 15.0. The van der Waals surface area contributed by atoms with Crippen molar-refractivity contribution < 1.29 is 0 Å². The van der Waals surface area contributed by atoms with Crippen LogP contribution in [0.1, 0.15) is 46.2 Å². The molecule has 1 nitrogen and oxygen atoms in total. The Morgan fingerprint density at radius 1 is 0.474 bits per heavy atom. The van der Waals surface area contributed by atoms with Crippen LogP contribution in [0.4, 0.5) is 0 Å². The first kappa shape index (κ1) is 24.2. The number of hydrogen-bond donors (Lipinski definition) is 0. The minimum absolute atomic E-state index is 0.0732. The molecule has 6 rings (SSSR count). The minimum Gasteiger partial charge on any atom is -0.338 e. The van der Waals surface area contributed by atoms with E-state index in [4.69, 9.17) is 0 Å². The van der Waals surface area contributed by atoms with Gasteiger partial charge in [-0.2, -0.15) is 0 Å². The number of rotatable bonds is 4. The number of fused-ring (bicyclic) bond motifs is 3. The lowest BCUT2D eigenvalue weighted by Crippen LogP contribution is -2.11. The van der Waals surface area contributed by atoms with Crippen molar-refractivity contribution in [1.82, 2.24) is 4.57 Å². The predicted molar refractivity (Wildman–Crippen MR) is 165 cm³/mol. The van der Waals surface area contributed by atoms with E-state index < -0.39 is 0 Å². The molecule has 1 heteroatoms. The predicted octanol–water partition coefficient (Wildman–Crippen LogP) is 10.7. The maximum Gasteiger partial charge on any atom is 0.0500 e. The molecular weight excluding hydrogens is 458 g/mol. The Morgan fingerprint density at radius 3 is 1.63 bits per heavy atom. The van der Waals surface area contributed by atoms with Crippen molar-refractivity contribution in [3.05, 3.63) is 121 Å². The summed E-state index contributed by atoms with van der Waals surface area (Å²) in [6.45, 7) is 11.4. The highest BCUT2D eigenvalue weighted by molar-refractivity contribution is 6.09. The zero-order valence-corrected chi connectivity index (χ0v) is 23.0. The lowest BCUT2D eigenvalue weighted by molar-refractivity contribution is 0.590. The van der Waals surface area contributed by atoms with Crippen LogP contribution in [0.2, 0.25) is 0 Å². The van der Waals surface area contributed by atoms with Crippen LogP contribution in [-0.2, 0) is 5.41 Å². The number of nitrogens with zero attached hydrogens (tertiary/aromatic N) is 1. The Labute approximate surface area is 226 Å². The normalized spacial score (nSPS) is 12.1. The fourth-order valence-corrected chi connectivity index (χ4v) is 5.62. The number of hydrogen-bond acceptors (Lipinski definition) is 0. The van der Waals surface area contributed by atoms with Crippen molar-refractivity contribution >= 4 is 21.8 Å². The van der Waals surface area contributed by atoms with Gasteiger partial charge >= 0.3 is 0 Å². The molecule has 0 spiro atoms. The van der Waals surface area contributed by atoms with Gasteiger partial charge in [0.1, 0.15) is 0 Å². The molecule has 0 bridgehead atoms. The molecule has 6 aromatic rings. The topological polar surface area (TPSA) is 4.93 Å². The highest BCUT2D eigenvalue weighted by Gasteiger charge is 2.17. The maximum atomic E-state index is 2.46. The van der Waals surface area contributed by atoms with E-state index in [2.05, 4.69) is 154 Å². The van der Waals surface area contributed by atoms with Crippen LogP contribution in [0.3, 0.4) is 0 Å². The van der Waals surface area contributed by atoms with Crippen molar-refractivity contribution in [2.45, 2.75) is 46.1 Å². The van der Waals surface area contributed by atoms with E-state index in [-0.39, 0.29) is 5.41 Å². The minimum atomic E-state index is 0.0732. The Hall–Kier alpha value is -4.10. The van der Waals surface area contributed by atoms with Gasteiger partial charge in [0.2, 0.25) is 0 Å². The van der Waals surface area contributed by atoms with Gasteiger partial charge < -0.3 is 4.57 Å². The molecular formula is C37H35N. The van der Waals surface area contributed by atoms with Gasteiger partial charge in [0, 0.05) is 27.8 Å². The largest absolute Gasteiger partial charge is 0.338 e. The molecule has 0 saturated heterocycles. The van der Waals surface area contributed by atoms with Gasteiger partial charge in [-0.1, -0.05) is 118 Å². The molecule has 0 atom stereocenters. The molecule has 1 heterocycles. The van der Waals surface area contributed by atoms with Crippen molar-refractivity contribution in [3.8, 4) is 33.4 Å². The molecule has 0 fully saturated rings. The summed E-state index contributed by atoms with van der Waals surface area (Å²) in [5.74, 6) is 0. The van der Waals surface area contributed by atoms with Gasteiger partial charge in [-0.15, -0.1) is 0 Å². The molecule has 5 aromatic carbocycles. The summed E-state index contributed by atoms with van der Waals surface area (Å²) in [6, 6.07) is 42.9. The van der Waals surface area contributed by atoms with Crippen LogP contribution >= 0.6 is 0 Å². The van der Waals surface area contributed by atoms with E-state index >= 15 is 0 Å². The van der Waals surface area contributed by atoms with Crippen molar-refractivity contribution in [3.63, 3.8) is 0 Å². The van der Waals surface area contributed by atoms with Crippen LogP contribution in [-0.4, -0.2) is 4.57 Å². The van der Waals surface area contributed by atoms with Gasteiger partial charge in [0.25, 0.3) is 0 Å². The first-order chi connectivity index (χ1) is 18.3. The molecule has 1 aromatic heterocycles. The summed E-state index contributed by atoms with van der Waals surface area (Å²) < 4.78 is 2.46. The molecule has 0 unspecified atom stereocenters. The second kappa shape index (κ2) is 9.33. The van der Waals surface area contributed by atoms with E-state index in [1.165, 1.54) is 60.8 Å². The fourth-order valence-electron chi connectivity index (χ4n) is 5.62. The molecule has 0 amide bonds. The zero-order chi connectivity index (χ0) is 26.4. The van der Waals surface area contributed by atoms with Crippen molar-refractivity contribution in [2.24, 2.45) is 0 Å². The third-order valence-electron chi connectivity index (χ3n) is 7.69. The van der Waals surface area contributed by atoms with Gasteiger partial charge in [-0.3, -0.25) is 0 Å². The number of para-hydroxylation sites is 1. The lowest BCUT2D eigenvalue weighted by Gasteiger charge is -2.22. The van der Waals surface area contributed by atoms with E-state index in [0.717, 1.165) is 0 Å². The molecule has 0 saturated carbocycles. The third kappa shape index (κ3) is 4.33. The smallest absolute Gasteiger partial charge is 0.0500 e. The van der Waals surface area contributed by atoms with E-state index in [9.17, 15) is 0 Å². The van der Waals surface area contributed by atoms with E-state index in [1.807, 2.05) is 0 Å². The molecule has 0 aliphatic carbocycles. The van der Waals surface area contributed by atoms with Crippen molar-refractivity contribution in [1.29, 1.82) is 0 Å². The standard InChI is InChI=1S/C37H35N/c1-25(2)38-35-14-10-9-13-33(35)34-20-19-29(24-36(34)38)27-15-17-28(18-16-27)31-21-30(26-11-7-6-8-12-26)22-32(23-31)37(3,4)5/h6-25H,1-5H3.